The van der Waals surface area contributed by atoms with E-state index >= 15 is 0 Å². The number of nitrogens with zero attached hydrogens (tertiary/aromatic N) is 1. The fraction of sp³-hybridized carbons (Fsp3) is 0.458. The Bertz CT molecular complexity index is 932. The molecule has 0 aromatic heterocycles. The van der Waals surface area contributed by atoms with Crippen LogP contribution in [0.15, 0.2) is 39.4 Å². The maximum absolute atomic E-state index is 12.4. The van der Waals surface area contributed by atoms with E-state index in [1.54, 1.807) is 19.1 Å². The van der Waals surface area contributed by atoms with E-state index in [1.165, 1.54) is 0 Å². The van der Waals surface area contributed by atoms with Crippen LogP contribution in [0.1, 0.15) is 53.0 Å². The smallest absolute Gasteiger partial charge is 0.344 e. The van der Waals surface area contributed by atoms with Crippen LogP contribution in [0.4, 0.5) is 0 Å². The molecule has 32 heavy (non-hydrogen) atoms. The van der Waals surface area contributed by atoms with Gasteiger partial charge in [0.2, 0.25) is 5.91 Å². The highest BCUT2D eigenvalue weighted by Crippen LogP contribution is 2.40. The Balaban J connectivity index is 2.42. The zero-order valence-electron chi connectivity index (χ0n) is 19.3. The second-order valence-electron chi connectivity index (χ2n) is 7.46. The molecule has 1 aliphatic rings. The first-order valence-electron chi connectivity index (χ1n) is 10.8. The number of rotatable bonds is 10. The van der Waals surface area contributed by atoms with Crippen molar-refractivity contribution < 1.29 is 28.9 Å². The van der Waals surface area contributed by atoms with Crippen LogP contribution in [0.25, 0.3) is 6.08 Å². The summed E-state index contributed by atoms with van der Waals surface area (Å²) in [7, 11) is 0. The van der Waals surface area contributed by atoms with Gasteiger partial charge in [-0.2, -0.15) is 0 Å². The number of carbonyl (C=O) groups is 2. The van der Waals surface area contributed by atoms with Crippen molar-refractivity contribution in [3.05, 3.63) is 40.0 Å². The molecule has 1 heterocycles. The van der Waals surface area contributed by atoms with Gasteiger partial charge >= 0.3 is 5.97 Å². The van der Waals surface area contributed by atoms with Crippen LogP contribution >= 0.6 is 11.8 Å². The fourth-order valence-corrected chi connectivity index (χ4v) is 3.82. The first kappa shape index (κ1) is 25.5. The Labute approximate surface area is 193 Å². The molecule has 1 aromatic carbocycles. The van der Waals surface area contributed by atoms with Crippen LogP contribution in [0.5, 0.6) is 11.5 Å². The number of hydrogen-bond donors (Lipinski definition) is 1. The lowest BCUT2D eigenvalue weighted by Crippen LogP contribution is -2.14. The number of aliphatic hydroxyl groups is 1. The van der Waals surface area contributed by atoms with Crippen molar-refractivity contribution in [2.45, 2.75) is 47.5 Å². The molecule has 1 N–H and O–H groups in total. The average Bonchev–Trinajstić information content (AvgIpc) is 3.02. The number of ether oxygens (including phenoxy) is 3. The van der Waals surface area contributed by atoms with E-state index in [0.717, 1.165) is 17.3 Å². The van der Waals surface area contributed by atoms with Crippen molar-refractivity contribution in [3.63, 3.8) is 0 Å². The van der Waals surface area contributed by atoms with Crippen LogP contribution in [0, 0.1) is 5.92 Å². The summed E-state index contributed by atoms with van der Waals surface area (Å²) in [6, 6.07) is 5.45. The van der Waals surface area contributed by atoms with E-state index in [2.05, 4.69) is 18.8 Å². The summed E-state index contributed by atoms with van der Waals surface area (Å²) in [6.07, 6.45) is 2.61. The van der Waals surface area contributed by atoms with Gasteiger partial charge in [0.1, 0.15) is 16.4 Å². The predicted octanol–water partition coefficient (Wildman–Crippen LogP) is 5.31. The largest absolute Gasteiger partial charge is 0.506 e. The summed E-state index contributed by atoms with van der Waals surface area (Å²) in [6.45, 7) is 10.7. The van der Waals surface area contributed by atoms with Gasteiger partial charge in [-0.3, -0.25) is 4.79 Å². The van der Waals surface area contributed by atoms with Crippen LogP contribution in [0.3, 0.4) is 0 Å². The normalized spacial score (nSPS) is 16.2. The molecule has 7 nitrogen and oxygen atoms in total. The highest BCUT2D eigenvalue weighted by atomic mass is 32.2. The first-order valence-corrected chi connectivity index (χ1v) is 11.6. The Morgan fingerprint density at radius 2 is 1.88 bits per heavy atom. The van der Waals surface area contributed by atoms with Gasteiger partial charge in [-0.15, -0.1) is 0 Å². The lowest BCUT2D eigenvalue weighted by molar-refractivity contribution is -0.138. The molecule has 0 atom stereocenters. The molecule has 1 aliphatic heterocycles. The van der Waals surface area contributed by atoms with Gasteiger partial charge in [0.25, 0.3) is 0 Å². The highest BCUT2D eigenvalue weighted by Gasteiger charge is 2.33. The molecular weight excluding hydrogens is 430 g/mol. The molecule has 0 spiro atoms. The van der Waals surface area contributed by atoms with Gasteiger partial charge in [0, 0.05) is 6.42 Å². The van der Waals surface area contributed by atoms with E-state index in [-0.39, 0.29) is 35.3 Å². The lowest BCUT2D eigenvalue weighted by Gasteiger charge is -2.14. The number of amides is 1. The van der Waals surface area contributed by atoms with Gasteiger partial charge in [-0.05, 0) is 50.0 Å². The van der Waals surface area contributed by atoms with Gasteiger partial charge in [-0.1, -0.05) is 38.6 Å². The SMILES string of the molecule is CCCC(=O)N=C1S/C(=C\c2ccc(OCC(C)C)c(OCC)c2)C(O)=C1C(=O)OCC. The molecular formula is C24H31NO6S. The number of hydrogen-bond acceptors (Lipinski definition) is 7. The quantitative estimate of drug-likeness (QED) is 0.472. The summed E-state index contributed by atoms with van der Waals surface area (Å²) in [5.74, 6) is 0.285. The number of esters is 1. The second kappa shape index (κ2) is 12.3. The monoisotopic (exact) mass is 461 g/mol. The lowest BCUT2D eigenvalue weighted by atomic mass is 10.1. The number of benzene rings is 1. The predicted molar refractivity (Wildman–Crippen MR) is 127 cm³/mol. The average molecular weight is 462 g/mol. The third-order valence-corrected chi connectivity index (χ3v) is 5.22. The Morgan fingerprint density at radius 3 is 2.50 bits per heavy atom. The first-order chi connectivity index (χ1) is 15.3. The molecule has 8 heteroatoms. The number of aliphatic hydroxyl groups excluding tert-OH is 1. The fourth-order valence-electron chi connectivity index (χ4n) is 2.78. The maximum atomic E-state index is 12.4. The van der Waals surface area contributed by atoms with Gasteiger partial charge in [-0.25, -0.2) is 9.79 Å². The van der Waals surface area contributed by atoms with Crippen molar-refractivity contribution in [2.24, 2.45) is 10.9 Å². The molecule has 0 fully saturated rings. The summed E-state index contributed by atoms with van der Waals surface area (Å²) in [5, 5.41) is 10.9. The molecule has 174 valence electrons. The van der Waals surface area contributed by atoms with Gasteiger partial charge < -0.3 is 19.3 Å². The number of thioether (sulfide) groups is 1. The van der Waals surface area contributed by atoms with Gasteiger partial charge in [0.15, 0.2) is 11.5 Å². The molecule has 0 unspecified atom stereocenters. The maximum Gasteiger partial charge on any atom is 0.344 e. The van der Waals surface area contributed by atoms with Crippen LogP contribution in [-0.4, -0.2) is 41.8 Å². The standard InChI is InChI=1S/C24H31NO6S/c1-6-9-20(26)25-23-21(24(28)30-8-3)22(27)19(32-23)13-16-10-11-17(31-14-15(4)5)18(12-16)29-7-2/h10-13,15,27H,6-9,14H2,1-5H3/b19-13-,25-23?. The third kappa shape index (κ3) is 6.88. The van der Waals surface area contributed by atoms with Crippen LogP contribution in [-0.2, 0) is 14.3 Å². The van der Waals surface area contributed by atoms with E-state index in [4.69, 9.17) is 14.2 Å². The highest BCUT2D eigenvalue weighted by molar-refractivity contribution is 8.18. The van der Waals surface area contributed by atoms with E-state index in [1.807, 2.05) is 26.0 Å². The number of carbonyl (C=O) groups excluding carboxylic acids is 2. The minimum atomic E-state index is -0.712. The van der Waals surface area contributed by atoms with Crippen LogP contribution in [0.2, 0.25) is 0 Å². The molecule has 1 amide bonds. The Morgan fingerprint density at radius 1 is 1.12 bits per heavy atom. The van der Waals surface area contributed by atoms with E-state index < -0.39 is 5.97 Å². The minimum absolute atomic E-state index is 0.0885. The van der Waals surface area contributed by atoms with Crippen molar-refractivity contribution in [1.29, 1.82) is 0 Å². The molecule has 0 radical (unpaired) electrons. The van der Waals surface area contributed by atoms with Crippen molar-refractivity contribution in [1.82, 2.24) is 0 Å². The topological polar surface area (TPSA) is 94.4 Å². The van der Waals surface area contributed by atoms with Crippen molar-refractivity contribution in [2.75, 3.05) is 19.8 Å². The zero-order valence-corrected chi connectivity index (χ0v) is 20.1. The summed E-state index contributed by atoms with van der Waals surface area (Å²) in [4.78, 5) is 28.9. The molecule has 0 saturated heterocycles. The molecule has 0 aliphatic carbocycles. The minimum Gasteiger partial charge on any atom is -0.506 e. The third-order valence-electron chi connectivity index (χ3n) is 4.20. The molecule has 0 saturated carbocycles. The summed E-state index contributed by atoms with van der Waals surface area (Å²) in [5.41, 5.74) is 0.651. The Kier molecular flexibility index (Phi) is 9.84. The van der Waals surface area contributed by atoms with Crippen LogP contribution < -0.4 is 9.47 Å². The Hall–Kier alpha value is -2.74. The molecule has 1 aromatic rings. The summed E-state index contributed by atoms with van der Waals surface area (Å²) < 4.78 is 16.6. The van der Waals surface area contributed by atoms with Crippen molar-refractivity contribution in [3.8, 4) is 11.5 Å². The number of aliphatic imine (C=N–C) groups is 1. The second-order valence-corrected chi connectivity index (χ2v) is 8.49. The molecule has 2 rings (SSSR count). The van der Waals surface area contributed by atoms with Gasteiger partial charge in [0.05, 0.1) is 24.7 Å². The van der Waals surface area contributed by atoms with Crippen molar-refractivity contribution >= 4 is 34.8 Å². The van der Waals surface area contributed by atoms with E-state index in [9.17, 15) is 14.7 Å². The summed E-state index contributed by atoms with van der Waals surface area (Å²) >= 11 is 1.06. The zero-order chi connectivity index (χ0) is 23.7. The molecule has 0 bridgehead atoms. The van der Waals surface area contributed by atoms with E-state index in [0.29, 0.717) is 42.0 Å².